The molecule has 2 nitrogen and oxygen atoms in total. The molecule has 1 fully saturated rings. The summed E-state index contributed by atoms with van der Waals surface area (Å²) in [6, 6.07) is 8.61. The summed E-state index contributed by atoms with van der Waals surface area (Å²) in [4.78, 5) is 2.46. The highest BCUT2D eigenvalue weighted by Gasteiger charge is 2.26. The molecule has 2 unspecified atom stereocenters. The van der Waals surface area contributed by atoms with Crippen molar-refractivity contribution in [2.24, 2.45) is 5.92 Å². The van der Waals surface area contributed by atoms with E-state index in [1.165, 1.54) is 15.6 Å². The van der Waals surface area contributed by atoms with Gasteiger partial charge in [-0.05, 0) is 48.2 Å². The average Bonchev–Trinajstić information content (AvgIpc) is 2.98. The molecular weight excluding hydrogens is 242 g/mol. The molecule has 1 saturated heterocycles. The second-order valence-electron chi connectivity index (χ2n) is 5.28. The van der Waals surface area contributed by atoms with E-state index in [1.54, 1.807) is 0 Å². The largest absolute Gasteiger partial charge is 0.393 e. The molecule has 0 radical (unpaired) electrons. The lowest BCUT2D eigenvalue weighted by atomic mass is 10.0. The minimum atomic E-state index is -0.172. The first-order valence-corrected chi connectivity index (χ1v) is 7.47. The lowest BCUT2D eigenvalue weighted by molar-refractivity contribution is 0.127. The molecule has 0 saturated carbocycles. The molecule has 0 spiro atoms. The lowest BCUT2D eigenvalue weighted by Gasteiger charge is -2.17. The van der Waals surface area contributed by atoms with Crippen molar-refractivity contribution in [2.45, 2.75) is 26.0 Å². The van der Waals surface area contributed by atoms with E-state index >= 15 is 0 Å². The van der Waals surface area contributed by atoms with E-state index in [2.05, 4.69) is 34.5 Å². The van der Waals surface area contributed by atoms with Crippen molar-refractivity contribution < 1.29 is 5.11 Å². The Hall–Kier alpha value is -0.900. The number of rotatable bonds is 3. The van der Waals surface area contributed by atoms with Crippen LogP contribution >= 0.6 is 11.3 Å². The Morgan fingerprint density at radius 3 is 3.06 bits per heavy atom. The van der Waals surface area contributed by atoms with Gasteiger partial charge in [-0.25, -0.2) is 0 Å². The lowest BCUT2D eigenvalue weighted by Crippen LogP contribution is -2.23. The van der Waals surface area contributed by atoms with Gasteiger partial charge in [-0.1, -0.05) is 18.2 Å². The van der Waals surface area contributed by atoms with Crippen molar-refractivity contribution in [3.05, 3.63) is 35.2 Å². The van der Waals surface area contributed by atoms with Crippen molar-refractivity contribution in [1.29, 1.82) is 0 Å². The number of aliphatic hydroxyl groups is 1. The molecule has 1 aromatic carbocycles. The van der Waals surface area contributed by atoms with Gasteiger partial charge in [0.25, 0.3) is 0 Å². The molecule has 3 rings (SSSR count). The zero-order valence-electron chi connectivity index (χ0n) is 10.7. The van der Waals surface area contributed by atoms with E-state index in [1.807, 2.05) is 18.3 Å². The molecule has 1 N–H and O–H groups in total. The van der Waals surface area contributed by atoms with E-state index in [0.29, 0.717) is 5.92 Å². The zero-order chi connectivity index (χ0) is 12.5. The maximum Gasteiger partial charge on any atom is 0.0552 e. The van der Waals surface area contributed by atoms with Gasteiger partial charge in [0.05, 0.1) is 6.10 Å². The van der Waals surface area contributed by atoms with E-state index in [9.17, 15) is 5.11 Å². The number of nitrogens with zero attached hydrogens (tertiary/aromatic N) is 1. The Balaban J connectivity index is 1.74. The van der Waals surface area contributed by atoms with Gasteiger partial charge >= 0.3 is 0 Å². The first kappa shape index (κ1) is 12.2. The first-order chi connectivity index (χ1) is 8.74. The molecule has 2 heterocycles. The molecule has 1 aliphatic rings. The van der Waals surface area contributed by atoms with Crippen molar-refractivity contribution in [3.63, 3.8) is 0 Å². The zero-order valence-corrected chi connectivity index (χ0v) is 11.5. The Bertz CT molecular complexity index is 534. The highest BCUT2D eigenvalue weighted by molar-refractivity contribution is 7.17. The molecule has 0 bridgehead atoms. The van der Waals surface area contributed by atoms with Crippen LogP contribution in [-0.2, 0) is 6.54 Å². The summed E-state index contributed by atoms with van der Waals surface area (Å²) in [6.07, 6.45) is 0.953. The van der Waals surface area contributed by atoms with Gasteiger partial charge in [-0.3, -0.25) is 4.90 Å². The molecular formula is C15H19NOS. The predicted molar refractivity (Wildman–Crippen MR) is 76.9 cm³/mol. The summed E-state index contributed by atoms with van der Waals surface area (Å²) in [5.74, 6) is 0.454. The third kappa shape index (κ3) is 2.30. The molecule has 3 heteroatoms. The molecule has 2 atom stereocenters. The van der Waals surface area contributed by atoms with Crippen LogP contribution in [0.2, 0.25) is 0 Å². The van der Waals surface area contributed by atoms with Crippen molar-refractivity contribution in [2.75, 3.05) is 13.1 Å². The van der Waals surface area contributed by atoms with E-state index in [0.717, 1.165) is 26.1 Å². The van der Waals surface area contributed by atoms with E-state index in [-0.39, 0.29) is 6.10 Å². The predicted octanol–water partition coefficient (Wildman–Crippen LogP) is 3.10. The van der Waals surface area contributed by atoms with Crippen molar-refractivity contribution in [3.8, 4) is 0 Å². The normalized spacial score (nSPS) is 22.7. The van der Waals surface area contributed by atoms with Crippen LogP contribution in [0.3, 0.4) is 0 Å². The summed E-state index contributed by atoms with van der Waals surface area (Å²) in [5.41, 5.74) is 1.43. The molecule has 0 amide bonds. The van der Waals surface area contributed by atoms with Crippen LogP contribution in [0.25, 0.3) is 10.1 Å². The smallest absolute Gasteiger partial charge is 0.0552 e. The fraction of sp³-hybridized carbons (Fsp3) is 0.467. The topological polar surface area (TPSA) is 23.5 Å². The summed E-state index contributed by atoms with van der Waals surface area (Å²) in [6.45, 7) is 5.07. The van der Waals surface area contributed by atoms with Crippen LogP contribution in [0.1, 0.15) is 18.9 Å². The number of fused-ring (bicyclic) bond motifs is 1. The monoisotopic (exact) mass is 261 g/mol. The first-order valence-electron chi connectivity index (χ1n) is 6.59. The fourth-order valence-corrected chi connectivity index (χ4v) is 3.75. The second kappa shape index (κ2) is 5.00. The van der Waals surface area contributed by atoms with Crippen LogP contribution < -0.4 is 0 Å². The van der Waals surface area contributed by atoms with Crippen LogP contribution in [0.15, 0.2) is 29.6 Å². The maximum atomic E-state index is 9.64. The van der Waals surface area contributed by atoms with E-state index < -0.39 is 0 Å². The quantitative estimate of drug-likeness (QED) is 0.917. The minimum absolute atomic E-state index is 0.172. The SMILES string of the molecule is CC(O)C1CCN(Cc2csc3ccccc23)C1. The number of likely N-dealkylation sites (tertiary alicyclic amines) is 1. The van der Waals surface area contributed by atoms with Crippen molar-refractivity contribution in [1.82, 2.24) is 4.90 Å². The number of thiophene rings is 1. The summed E-state index contributed by atoms with van der Waals surface area (Å²) in [5, 5.41) is 13.3. The van der Waals surface area contributed by atoms with Crippen LogP contribution in [0.4, 0.5) is 0 Å². The average molecular weight is 261 g/mol. The number of hydrogen-bond donors (Lipinski definition) is 1. The summed E-state index contributed by atoms with van der Waals surface area (Å²) in [7, 11) is 0. The van der Waals surface area contributed by atoms with Crippen LogP contribution in [0.5, 0.6) is 0 Å². The third-order valence-corrected chi connectivity index (χ3v) is 4.96. The Labute approximate surface area is 112 Å². The van der Waals surface area contributed by atoms with E-state index in [4.69, 9.17) is 0 Å². The van der Waals surface area contributed by atoms with Gasteiger partial charge in [0.1, 0.15) is 0 Å². The standard InChI is InChI=1S/C15H19NOS/c1-11(17)12-6-7-16(8-12)9-13-10-18-15-5-3-2-4-14(13)15/h2-5,10-12,17H,6-9H2,1H3. The fourth-order valence-electron chi connectivity index (χ4n) is 2.80. The molecule has 1 aromatic heterocycles. The van der Waals surface area contributed by atoms with Gasteiger partial charge in [0.15, 0.2) is 0 Å². The molecule has 96 valence electrons. The molecule has 18 heavy (non-hydrogen) atoms. The highest BCUT2D eigenvalue weighted by atomic mass is 32.1. The molecule has 2 aromatic rings. The maximum absolute atomic E-state index is 9.64. The van der Waals surface area contributed by atoms with Crippen LogP contribution in [0, 0.1) is 5.92 Å². The Kier molecular flexibility index (Phi) is 3.37. The molecule has 0 aliphatic carbocycles. The number of hydrogen-bond acceptors (Lipinski definition) is 3. The molecule has 1 aliphatic heterocycles. The highest BCUT2D eigenvalue weighted by Crippen LogP contribution is 2.28. The number of aliphatic hydroxyl groups excluding tert-OH is 1. The Morgan fingerprint density at radius 1 is 1.44 bits per heavy atom. The minimum Gasteiger partial charge on any atom is -0.393 e. The second-order valence-corrected chi connectivity index (χ2v) is 6.19. The van der Waals surface area contributed by atoms with Gasteiger partial charge in [-0.15, -0.1) is 11.3 Å². The van der Waals surface area contributed by atoms with Crippen molar-refractivity contribution >= 4 is 21.4 Å². The van der Waals surface area contributed by atoms with Gasteiger partial charge < -0.3 is 5.11 Å². The number of benzene rings is 1. The van der Waals surface area contributed by atoms with Crippen LogP contribution in [-0.4, -0.2) is 29.2 Å². The van der Waals surface area contributed by atoms with Gasteiger partial charge in [0, 0.05) is 17.8 Å². The summed E-state index contributed by atoms with van der Waals surface area (Å²) < 4.78 is 1.37. The Morgan fingerprint density at radius 2 is 2.28 bits per heavy atom. The third-order valence-electron chi connectivity index (χ3n) is 3.95. The van der Waals surface area contributed by atoms with Gasteiger partial charge in [-0.2, -0.15) is 0 Å². The van der Waals surface area contributed by atoms with Gasteiger partial charge in [0.2, 0.25) is 0 Å². The summed E-state index contributed by atoms with van der Waals surface area (Å²) >= 11 is 1.83.